The van der Waals surface area contributed by atoms with Gasteiger partial charge in [0.25, 0.3) is 0 Å². The van der Waals surface area contributed by atoms with Gasteiger partial charge < -0.3 is 19.7 Å². The summed E-state index contributed by atoms with van der Waals surface area (Å²) >= 11 is 0. The molecule has 5 nitrogen and oxygen atoms in total. The fraction of sp³-hybridized carbons (Fsp3) is 0.321. The number of nitrogens with one attached hydrogen (secondary N) is 1. The highest BCUT2D eigenvalue weighted by atomic mass is 16.5. The molecule has 5 heteroatoms. The zero-order valence-electron chi connectivity index (χ0n) is 19.6. The molecule has 1 fully saturated rings. The molecule has 0 aliphatic heterocycles. The SMILES string of the molecule is COC(=O)c1cc(OC)ccc1Nc1ccc(N(C)c2ccc(C3CCCCC3)cc2)cc1. The predicted octanol–water partition coefficient (Wildman–Crippen LogP) is 7.04. The number of carbonyl (C=O) groups is 1. The first-order chi connectivity index (χ1) is 16.1. The molecule has 0 unspecified atom stereocenters. The van der Waals surface area contributed by atoms with E-state index in [1.54, 1.807) is 13.2 Å². The standard InChI is InChI=1S/C28H32N2O3/c1-30(23-13-9-21(10-14-23)20-7-5-4-6-8-20)24-15-11-22(12-16-24)29-27-18-17-25(32-2)19-26(27)28(31)33-3/h9-20,29H,4-8H2,1-3H3. The molecule has 0 saturated heterocycles. The normalized spacial score (nSPS) is 13.9. The van der Waals surface area contributed by atoms with Crippen molar-refractivity contribution in [3.63, 3.8) is 0 Å². The number of hydrogen-bond acceptors (Lipinski definition) is 5. The van der Waals surface area contributed by atoms with Crippen LogP contribution in [0.15, 0.2) is 66.7 Å². The second-order valence-corrected chi connectivity index (χ2v) is 8.56. The molecule has 0 atom stereocenters. The van der Waals surface area contributed by atoms with E-state index >= 15 is 0 Å². The van der Waals surface area contributed by atoms with Crippen molar-refractivity contribution in [3.05, 3.63) is 77.9 Å². The molecule has 0 bridgehead atoms. The molecule has 1 aliphatic carbocycles. The first-order valence-corrected chi connectivity index (χ1v) is 11.6. The van der Waals surface area contributed by atoms with Gasteiger partial charge in [-0.1, -0.05) is 31.4 Å². The molecule has 0 radical (unpaired) electrons. The summed E-state index contributed by atoms with van der Waals surface area (Å²) in [6.45, 7) is 0. The Morgan fingerprint density at radius 2 is 1.52 bits per heavy atom. The highest BCUT2D eigenvalue weighted by Crippen LogP contribution is 2.34. The highest BCUT2D eigenvalue weighted by molar-refractivity contribution is 5.97. The van der Waals surface area contributed by atoms with Crippen LogP contribution in [-0.2, 0) is 4.74 Å². The number of nitrogens with zero attached hydrogens (tertiary/aromatic N) is 1. The maximum atomic E-state index is 12.2. The predicted molar refractivity (Wildman–Crippen MR) is 134 cm³/mol. The van der Waals surface area contributed by atoms with Gasteiger partial charge in [-0.05, 0) is 78.9 Å². The van der Waals surface area contributed by atoms with Gasteiger partial charge in [0, 0.05) is 24.1 Å². The number of rotatable bonds is 7. The molecule has 1 saturated carbocycles. The lowest BCUT2D eigenvalue weighted by molar-refractivity contribution is 0.0601. The van der Waals surface area contributed by atoms with E-state index in [1.165, 1.54) is 50.5 Å². The van der Waals surface area contributed by atoms with Crippen molar-refractivity contribution in [1.82, 2.24) is 0 Å². The van der Waals surface area contributed by atoms with Crippen molar-refractivity contribution in [3.8, 4) is 5.75 Å². The third-order valence-electron chi connectivity index (χ3n) is 6.52. The zero-order valence-corrected chi connectivity index (χ0v) is 19.6. The molecular weight excluding hydrogens is 412 g/mol. The second-order valence-electron chi connectivity index (χ2n) is 8.56. The van der Waals surface area contributed by atoms with E-state index in [4.69, 9.17) is 9.47 Å². The van der Waals surface area contributed by atoms with Crippen molar-refractivity contribution in [2.24, 2.45) is 0 Å². The molecule has 4 rings (SSSR count). The molecule has 1 N–H and O–H groups in total. The number of methoxy groups -OCH3 is 2. The van der Waals surface area contributed by atoms with Crippen molar-refractivity contribution < 1.29 is 14.3 Å². The second kappa shape index (κ2) is 10.4. The van der Waals surface area contributed by atoms with Crippen molar-refractivity contribution in [2.45, 2.75) is 38.0 Å². The van der Waals surface area contributed by atoms with Crippen LogP contribution in [-0.4, -0.2) is 27.2 Å². The van der Waals surface area contributed by atoms with Crippen LogP contribution in [0.25, 0.3) is 0 Å². The minimum atomic E-state index is -0.413. The van der Waals surface area contributed by atoms with Crippen molar-refractivity contribution >= 4 is 28.7 Å². The largest absolute Gasteiger partial charge is 0.497 e. The zero-order chi connectivity index (χ0) is 23.2. The van der Waals surface area contributed by atoms with Gasteiger partial charge in [0.15, 0.2) is 0 Å². The Kier molecular flexibility index (Phi) is 7.18. The monoisotopic (exact) mass is 444 g/mol. The van der Waals surface area contributed by atoms with Gasteiger partial charge in [-0.2, -0.15) is 0 Å². The maximum absolute atomic E-state index is 12.2. The number of anilines is 4. The molecule has 1 aliphatic rings. The Labute approximate surface area is 196 Å². The Morgan fingerprint density at radius 1 is 0.879 bits per heavy atom. The van der Waals surface area contributed by atoms with Gasteiger partial charge in [0.2, 0.25) is 0 Å². The van der Waals surface area contributed by atoms with E-state index in [0.29, 0.717) is 17.0 Å². The van der Waals surface area contributed by atoms with Crippen LogP contribution in [0, 0.1) is 0 Å². The van der Waals surface area contributed by atoms with Gasteiger partial charge in [0.05, 0.1) is 25.5 Å². The fourth-order valence-corrected chi connectivity index (χ4v) is 4.52. The Balaban J connectivity index is 1.46. The molecule has 172 valence electrons. The summed E-state index contributed by atoms with van der Waals surface area (Å²) in [7, 11) is 5.02. The van der Waals surface area contributed by atoms with Gasteiger partial charge in [0.1, 0.15) is 5.75 Å². The van der Waals surface area contributed by atoms with Crippen molar-refractivity contribution in [2.75, 3.05) is 31.5 Å². The number of esters is 1. The number of benzene rings is 3. The number of carbonyl (C=O) groups excluding carboxylic acids is 1. The lowest BCUT2D eigenvalue weighted by atomic mass is 9.84. The molecule has 0 aromatic heterocycles. The third kappa shape index (κ3) is 5.30. The molecular formula is C28H32N2O3. The van der Waals surface area contributed by atoms with Gasteiger partial charge in [-0.15, -0.1) is 0 Å². The lowest BCUT2D eigenvalue weighted by Crippen LogP contribution is -2.10. The molecule has 0 heterocycles. The minimum absolute atomic E-state index is 0.413. The van der Waals surface area contributed by atoms with Gasteiger partial charge in [-0.25, -0.2) is 4.79 Å². The Morgan fingerprint density at radius 3 is 2.12 bits per heavy atom. The number of hydrogen-bond donors (Lipinski definition) is 1. The first-order valence-electron chi connectivity index (χ1n) is 11.6. The summed E-state index contributed by atoms with van der Waals surface area (Å²) in [6.07, 6.45) is 6.71. The quantitative estimate of drug-likeness (QED) is 0.396. The van der Waals surface area contributed by atoms with E-state index in [2.05, 4.69) is 53.7 Å². The van der Waals surface area contributed by atoms with Crippen LogP contribution >= 0.6 is 0 Å². The highest BCUT2D eigenvalue weighted by Gasteiger charge is 2.16. The van der Waals surface area contributed by atoms with Crippen LogP contribution in [0.5, 0.6) is 5.75 Å². The molecule has 3 aromatic rings. The van der Waals surface area contributed by atoms with E-state index < -0.39 is 5.97 Å². The summed E-state index contributed by atoms with van der Waals surface area (Å²) < 4.78 is 10.2. The van der Waals surface area contributed by atoms with Gasteiger partial charge in [-0.3, -0.25) is 0 Å². The average Bonchev–Trinajstić information content (AvgIpc) is 2.89. The van der Waals surface area contributed by atoms with E-state index in [0.717, 1.165) is 17.3 Å². The molecule has 3 aromatic carbocycles. The fourth-order valence-electron chi connectivity index (χ4n) is 4.52. The Hall–Kier alpha value is -3.47. The summed E-state index contributed by atoms with van der Waals surface area (Å²) in [4.78, 5) is 14.4. The van der Waals surface area contributed by atoms with Crippen LogP contribution in [0.3, 0.4) is 0 Å². The topological polar surface area (TPSA) is 50.8 Å². The maximum Gasteiger partial charge on any atom is 0.340 e. The van der Waals surface area contributed by atoms with Crippen LogP contribution in [0.2, 0.25) is 0 Å². The average molecular weight is 445 g/mol. The lowest BCUT2D eigenvalue weighted by Gasteiger charge is -2.24. The third-order valence-corrected chi connectivity index (χ3v) is 6.52. The van der Waals surface area contributed by atoms with E-state index in [9.17, 15) is 4.79 Å². The van der Waals surface area contributed by atoms with Crippen LogP contribution < -0.4 is 15.0 Å². The number of ether oxygens (including phenoxy) is 2. The summed E-state index contributed by atoms with van der Waals surface area (Å²) in [5, 5.41) is 3.31. The van der Waals surface area contributed by atoms with E-state index in [1.807, 2.05) is 24.3 Å². The Bertz CT molecular complexity index is 1070. The van der Waals surface area contributed by atoms with Crippen molar-refractivity contribution in [1.29, 1.82) is 0 Å². The molecule has 0 amide bonds. The van der Waals surface area contributed by atoms with E-state index in [-0.39, 0.29) is 0 Å². The summed E-state index contributed by atoms with van der Waals surface area (Å²) in [5.74, 6) is 0.910. The van der Waals surface area contributed by atoms with Gasteiger partial charge >= 0.3 is 5.97 Å². The summed E-state index contributed by atoms with van der Waals surface area (Å²) in [5.41, 5.74) is 5.70. The minimum Gasteiger partial charge on any atom is -0.497 e. The smallest absolute Gasteiger partial charge is 0.340 e. The summed E-state index contributed by atoms with van der Waals surface area (Å²) in [6, 6.07) is 22.5. The first kappa shape index (κ1) is 22.7. The molecule has 0 spiro atoms. The van der Waals surface area contributed by atoms with Crippen LogP contribution in [0.1, 0.15) is 53.9 Å². The molecule has 33 heavy (non-hydrogen) atoms. The van der Waals surface area contributed by atoms with Crippen LogP contribution in [0.4, 0.5) is 22.7 Å².